The molecule has 2 N–H and O–H groups in total. The minimum Gasteiger partial charge on any atom is -0.444 e. The van der Waals surface area contributed by atoms with Gasteiger partial charge in [-0.15, -0.1) is 0 Å². The van der Waals surface area contributed by atoms with Gasteiger partial charge in [-0.05, 0) is 95.2 Å². The van der Waals surface area contributed by atoms with E-state index in [0.29, 0.717) is 22.9 Å². The second kappa shape index (κ2) is 13.9. The minimum atomic E-state index is -0.943. The third-order valence-electron chi connectivity index (χ3n) is 6.07. The minimum absolute atomic E-state index is 0.248. The number of aryl methyl sites for hydroxylation is 3. The van der Waals surface area contributed by atoms with Crippen molar-refractivity contribution in [2.75, 3.05) is 23.9 Å². The van der Waals surface area contributed by atoms with E-state index in [1.54, 1.807) is 38.6 Å². The van der Waals surface area contributed by atoms with E-state index in [1.165, 1.54) is 4.90 Å². The summed E-state index contributed by atoms with van der Waals surface area (Å²) in [6.45, 7) is 13.1. The summed E-state index contributed by atoms with van der Waals surface area (Å²) in [5.41, 5.74) is 3.11. The Morgan fingerprint density at radius 3 is 2.13 bits per heavy atom. The van der Waals surface area contributed by atoms with Crippen LogP contribution in [0.5, 0.6) is 0 Å². The molecular formula is C29H40ClN3O4S. The van der Waals surface area contributed by atoms with Crippen molar-refractivity contribution in [3.8, 4) is 0 Å². The molecule has 208 valence electrons. The Morgan fingerprint density at radius 1 is 1.03 bits per heavy atom. The van der Waals surface area contributed by atoms with Gasteiger partial charge in [0.1, 0.15) is 17.7 Å². The van der Waals surface area contributed by atoms with E-state index in [4.69, 9.17) is 16.3 Å². The van der Waals surface area contributed by atoms with Crippen LogP contribution in [0.4, 0.5) is 10.5 Å². The van der Waals surface area contributed by atoms with E-state index in [9.17, 15) is 14.4 Å². The van der Waals surface area contributed by atoms with Gasteiger partial charge in [0.05, 0.1) is 10.7 Å². The molecule has 0 aromatic heterocycles. The lowest BCUT2D eigenvalue weighted by Crippen LogP contribution is -2.52. The Kier molecular flexibility index (Phi) is 11.5. The molecule has 0 spiro atoms. The van der Waals surface area contributed by atoms with Gasteiger partial charge in [-0.25, -0.2) is 4.79 Å². The fraction of sp³-hybridized carbons (Fsp3) is 0.483. The Balaban J connectivity index is 2.55. The van der Waals surface area contributed by atoms with E-state index in [-0.39, 0.29) is 18.4 Å². The summed E-state index contributed by atoms with van der Waals surface area (Å²) < 4.78 is 5.43. The third-order valence-corrected chi connectivity index (χ3v) is 7.03. The number of nitrogens with zero attached hydrogens (tertiary/aromatic N) is 1. The van der Waals surface area contributed by atoms with Crippen molar-refractivity contribution in [2.45, 2.75) is 72.6 Å². The molecule has 2 aromatic carbocycles. The van der Waals surface area contributed by atoms with E-state index in [2.05, 4.69) is 10.6 Å². The number of likely N-dealkylation sites (N-methyl/N-ethyl adjacent to an activating group) is 1. The molecule has 0 saturated heterocycles. The maximum absolute atomic E-state index is 14.0. The second-order valence-corrected chi connectivity index (χ2v) is 11.6. The Morgan fingerprint density at radius 2 is 1.61 bits per heavy atom. The van der Waals surface area contributed by atoms with E-state index in [0.717, 1.165) is 22.3 Å². The van der Waals surface area contributed by atoms with Crippen LogP contribution in [0.3, 0.4) is 0 Å². The first-order valence-corrected chi connectivity index (χ1v) is 14.5. The quantitative estimate of drug-likeness (QED) is 0.348. The highest BCUT2D eigenvalue weighted by molar-refractivity contribution is 7.98. The molecule has 38 heavy (non-hydrogen) atoms. The topological polar surface area (TPSA) is 87.7 Å². The van der Waals surface area contributed by atoms with Crippen LogP contribution in [0, 0.1) is 20.8 Å². The van der Waals surface area contributed by atoms with Crippen molar-refractivity contribution in [1.29, 1.82) is 0 Å². The molecule has 2 rings (SSSR count). The number of carbonyl (C=O) groups excluding carboxylic acids is 3. The standard InChI is InChI=1S/C29H40ClN3O4S/c1-9-33(27(35)22(16-17-38-8)31-28(36)37-29(5,6)7)25(23-18(2)12-10-13-19(23)3)26(34)32-24-20(4)14-11-15-21(24)30/h10-15,22,25H,9,16-17H2,1-8H3,(H,31,36)(H,32,34). The number of amides is 3. The molecule has 0 bridgehead atoms. The van der Waals surface area contributed by atoms with Crippen LogP contribution in [0.1, 0.15) is 62.4 Å². The van der Waals surface area contributed by atoms with Crippen molar-refractivity contribution >= 4 is 47.0 Å². The summed E-state index contributed by atoms with van der Waals surface area (Å²) in [6.07, 6.45) is 1.65. The number of hydrogen-bond acceptors (Lipinski definition) is 5. The van der Waals surface area contributed by atoms with Crippen LogP contribution in [0.25, 0.3) is 0 Å². The molecule has 2 unspecified atom stereocenters. The summed E-state index contributed by atoms with van der Waals surface area (Å²) in [5, 5.41) is 6.14. The summed E-state index contributed by atoms with van der Waals surface area (Å²) in [5.74, 6) is -0.0937. The maximum Gasteiger partial charge on any atom is 0.408 e. The number of anilines is 1. The highest BCUT2D eigenvalue weighted by atomic mass is 35.5. The monoisotopic (exact) mass is 561 g/mol. The smallest absolute Gasteiger partial charge is 0.408 e. The molecule has 2 aromatic rings. The maximum atomic E-state index is 14.0. The zero-order valence-electron chi connectivity index (χ0n) is 23.6. The van der Waals surface area contributed by atoms with Gasteiger partial charge in [0.25, 0.3) is 5.91 Å². The van der Waals surface area contributed by atoms with Crippen LogP contribution in [-0.2, 0) is 14.3 Å². The molecule has 0 saturated carbocycles. The van der Waals surface area contributed by atoms with Crippen molar-refractivity contribution < 1.29 is 19.1 Å². The number of benzene rings is 2. The summed E-state index contributed by atoms with van der Waals surface area (Å²) in [7, 11) is 0. The van der Waals surface area contributed by atoms with Crippen LogP contribution < -0.4 is 10.6 Å². The van der Waals surface area contributed by atoms with Crippen LogP contribution in [0.15, 0.2) is 36.4 Å². The normalized spacial score (nSPS) is 12.9. The van der Waals surface area contributed by atoms with Gasteiger partial charge in [0.2, 0.25) is 5.91 Å². The lowest BCUT2D eigenvalue weighted by atomic mass is 9.93. The number of ether oxygens (including phenoxy) is 1. The van der Waals surface area contributed by atoms with Crippen molar-refractivity contribution in [1.82, 2.24) is 10.2 Å². The fourth-order valence-electron chi connectivity index (χ4n) is 4.28. The van der Waals surface area contributed by atoms with Gasteiger partial charge < -0.3 is 20.3 Å². The molecule has 0 radical (unpaired) electrons. The van der Waals surface area contributed by atoms with E-state index in [1.807, 2.05) is 64.3 Å². The number of carbonyl (C=O) groups is 3. The molecule has 9 heteroatoms. The third kappa shape index (κ3) is 8.40. The molecule has 0 aliphatic carbocycles. The molecule has 2 atom stereocenters. The van der Waals surface area contributed by atoms with Crippen molar-refractivity contribution in [3.05, 3.63) is 63.7 Å². The average Bonchev–Trinajstić information content (AvgIpc) is 2.82. The zero-order valence-corrected chi connectivity index (χ0v) is 25.2. The van der Waals surface area contributed by atoms with Crippen LogP contribution >= 0.6 is 23.4 Å². The summed E-state index contributed by atoms with van der Waals surface area (Å²) >= 11 is 7.99. The van der Waals surface area contributed by atoms with Gasteiger partial charge in [-0.3, -0.25) is 9.59 Å². The highest BCUT2D eigenvalue weighted by Gasteiger charge is 2.37. The Hall–Kier alpha value is -2.71. The molecule has 7 nitrogen and oxygen atoms in total. The molecule has 0 aliphatic rings. The number of alkyl carbamates (subject to hydrolysis) is 1. The average molecular weight is 562 g/mol. The van der Waals surface area contributed by atoms with Gasteiger partial charge in [-0.2, -0.15) is 11.8 Å². The summed E-state index contributed by atoms with van der Waals surface area (Å²) in [4.78, 5) is 42.2. The van der Waals surface area contributed by atoms with Gasteiger partial charge in [0, 0.05) is 6.54 Å². The molecule has 0 aliphatic heterocycles. The van der Waals surface area contributed by atoms with Crippen LogP contribution in [-0.4, -0.2) is 53.0 Å². The number of hydrogen-bond donors (Lipinski definition) is 2. The number of rotatable bonds is 10. The molecule has 0 heterocycles. The SMILES string of the molecule is CCN(C(=O)C(CCSC)NC(=O)OC(C)(C)C)C(C(=O)Nc1c(C)cccc1Cl)c1c(C)cccc1C. The Bertz CT molecular complexity index is 1110. The predicted octanol–water partition coefficient (Wildman–Crippen LogP) is 6.44. The van der Waals surface area contributed by atoms with Gasteiger partial charge in [0.15, 0.2) is 0 Å². The number of nitrogens with one attached hydrogen (secondary N) is 2. The first-order chi connectivity index (χ1) is 17.8. The highest BCUT2D eigenvalue weighted by Crippen LogP contribution is 2.32. The first kappa shape index (κ1) is 31.5. The predicted molar refractivity (Wildman–Crippen MR) is 157 cm³/mol. The van der Waals surface area contributed by atoms with Gasteiger partial charge >= 0.3 is 6.09 Å². The van der Waals surface area contributed by atoms with Gasteiger partial charge in [-0.1, -0.05) is 41.9 Å². The van der Waals surface area contributed by atoms with E-state index < -0.39 is 23.8 Å². The van der Waals surface area contributed by atoms with Crippen LogP contribution in [0.2, 0.25) is 5.02 Å². The second-order valence-electron chi connectivity index (χ2n) is 10.2. The first-order valence-electron chi connectivity index (χ1n) is 12.7. The lowest BCUT2D eigenvalue weighted by Gasteiger charge is -2.35. The summed E-state index contributed by atoms with van der Waals surface area (Å²) in [6, 6.07) is 9.35. The molecular weight excluding hydrogens is 522 g/mol. The van der Waals surface area contributed by atoms with Crippen molar-refractivity contribution in [3.63, 3.8) is 0 Å². The fourth-order valence-corrected chi connectivity index (χ4v) is 5.02. The molecule has 0 fully saturated rings. The zero-order chi connectivity index (χ0) is 28.6. The number of halogens is 1. The number of para-hydroxylation sites is 1. The van der Waals surface area contributed by atoms with Crippen molar-refractivity contribution in [2.24, 2.45) is 0 Å². The Labute approximate surface area is 236 Å². The van der Waals surface area contributed by atoms with E-state index >= 15 is 0 Å². The largest absolute Gasteiger partial charge is 0.444 e. The number of thioether (sulfide) groups is 1. The molecule has 3 amide bonds. The lowest BCUT2D eigenvalue weighted by molar-refractivity contribution is -0.140.